The van der Waals surface area contributed by atoms with Gasteiger partial charge in [0, 0.05) is 6.42 Å². The van der Waals surface area contributed by atoms with Crippen molar-refractivity contribution in [3.63, 3.8) is 0 Å². The summed E-state index contributed by atoms with van der Waals surface area (Å²) in [5.41, 5.74) is 5.39. The zero-order chi connectivity index (χ0) is 17.4. The van der Waals surface area contributed by atoms with Crippen LogP contribution < -0.4 is 21.7 Å². The minimum Gasteiger partial charge on any atom is -0.480 e. The summed E-state index contributed by atoms with van der Waals surface area (Å²) in [6.07, 6.45) is -1.22. The predicted octanol–water partition coefficient (Wildman–Crippen LogP) is -3.37. The summed E-state index contributed by atoms with van der Waals surface area (Å²) < 4.78 is 0. The molecule has 0 bridgehead atoms. The number of carboxylic acid groups (broad SMARTS) is 1. The second-order valence-electron chi connectivity index (χ2n) is 5.61. The maximum Gasteiger partial charge on any atom is 0.320 e. The van der Waals surface area contributed by atoms with Gasteiger partial charge in [-0.3, -0.25) is 20.2 Å². The summed E-state index contributed by atoms with van der Waals surface area (Å²) >= 11 is 0. The Morgan fingerprint density at radius 1 is 1.30 bits per heavy atom. The van der Waals surface area contributed by atoms with Crippen LogP contribution in [0.25, 0.3) is 0 Å². The van der Waals surface area contributed by atoms with Gasteiger partial charge >= 0.3 is 5.97 Å². The Bertz CT molecular complexity index is 397. The number of unbranched alkanes of at least 4 members (excludes halogenated alkanes) is 1. The van der Waals surface area contributed by atoms with Crippen LogP contribution in [0.15, 0.2) is 0 Å². The molecule has 134 valence electrons. The van der Waals surface area contributed by atoms with Gasteiger partial charge in [-0.2, -0.15) is 0 Å². The Kier molecular flexibility index (Phi) is 8.37. The highest BCUT2D eigenvalue weighted by molar-refractivity contribution is 5.84. The highest BCUT2D eigenvalue weighted by Crippen LogP contribution is 2.08. The number of rotatable bonds is 11. The van der Waals surface area contributed by atoms with Crippen LogP contribution in [0.3, 0.4) is 0 Å². The van der Waals surface area contributed by atoms with E-state index in [4.69, 9.17) is 15.9 Å². The number of nitrogens with one attached hydrogen (secondary N) is 3. The fraction of sp³-hybridized carbons (Fsp3) is 0.846. The Balaban J connectivity index is 2.20. The zero-order valence-electron chi connectivity index (χ0n) is 12.8. The first-order chi connectivity index (χ1) is 10.8. The molecule has 10 heteroatoms. The van der Waals surface area contributed by atoms with Crippen LogP contribution >= 0.6 is 0 Å². The number of aliphatic carboxylic acids is 1. The molecule has 0 radical (unpaired) electrons. The molecular weight excluding hydrogens is 308 g/mol. The van der Waals surface area contributed by atoms with Crippen molar-refractivity contribution in [3.8, 4) is 0 Å². The highest BCUT2D eigenvalue weighted by atomic mass is 16.4. The van der Waals surface area contributed by atoms with Crippen molar-refractivity contribution >= 4 is 11.9 Å². The Morgan fingerprint density at radius 3 is 2.61 bits per heavy atom. The van der Waals surface area contributed by atoms with Crippen molar-refractivity contribution in [2.24, 2.45) is 5.73 Å². The topological polar surface area (TPSA) is 177 Å². The number of amides is 1. The van der Waals surface area contributed by atoms with E-state index in [0.717, 1.165) is 0 Å². The number of hydrogen-bond donors (Lipinski definition) is 8. The molecule has 0 aromatic rings. The molecule has 1 saturated heterocycles. The fourth-order valence-corrected chi connectivity index (χ4v) is 2.23. The molecule has 1 amide bonds. The van der Waals surface area contributed by atoms with Crippen molar-refractivity contribution < 1.29 is 30.0 Å². The first kappa shape index (κ1) is 19.7. The third-order valence-electron chi connectivity index (χ3n) is 3.69. The van der Waals surface area contributed by atoms with Crippen LogP contribution in [-0.2, 0) is 9.59 Å². The van der Waals surface area contributed by atoms with Gasteiger partial charge in [0.15, 0.2) is 0 Å². The first-order valence-corrected chi connectivity index (χ1v) is 7.60. The normalized spacial score (nSPS) is 25.0. The van der Waals surface area contributed by atoms with Gasteiger partial charge in [0.1, 0.15) is 18.4 Å². The minimum absolute atomic E-state index is 0.0147. The van der Waals surface area contributed by atoms with Gasteiger partial charge in [0.25, 0.3) is 0 Å². The molecule has 0 saturated carbocycles. The Morgan fingerprint density at radius 2 is 2.00 bits per heavy atom. The lowest BCUT2D eigenvalue weighted by molar-refractivity contribution is -0.138. The van der Waals surface area contributed by atoms with Crippen LogP contribution in [0.1, 0.15) is 25.7 Å². The summed E-state index contributed by atoms with van der Waals surface area (Å²) in [6.45, 7) is -0.0194. The number of carbonyl (C=O) groups excluding carboxylic acids is 1. The van der Waals surface area contributed by atoms with Crippen molar-refractivity contribution in [3.05, 3.63) is 0 Å². The monoisotopic (exact) mass is 334 g/mol. The molecule has 9 N–H and O–H groups in total. The number of carboxylic acids is 1. The molecule has 1 heterocycles. The maximum atomic E-state index is 11.7. The number of aliphatic hydroxyl groups is 3. The highest BCUT2D eigenvalue weighted by Gasteiger charge is 2.33. The van der Waals surface area contributed by atoms with Crippen LogP contribution in [0.2, 0.25) is 0 Å². The van der Waals surface area contributed by atoms with Crippen LogP contribution in [0, 0.1) is 0 Å². The lowest BCUT2D eigenvalue weighted by atomic mass is 10.1. The number of carbonyl (C=O) groups is 2. The van der Waals surface area contributed by atoms with Gasteiger partial charge in [-0.1, -0.05) is 6.42 Å². The molecule has 23 heavy (non-hydrogen) atoms. The molecule has 10 nitrogen and oxygen atoms in total. The average molecular weight is 334 g/mol. The average Bonchev–Trinajstić information content (AvgIpc) is 2.85. The van der Waals surface area contributed by atoms with E-state index < -0.39 is 43.2 Å². The predicted molar refractivity (Wildman–Crippen MR) is 80.0 cm³/mol. The van der Waals surface area contributed by atoms with E-state index in [2.05, 4.69) is 16.0 Å². The lowest BCUT2D eigenvalue weighted by Gasteiger charge is -2.19. The molecule has 1 aliphatic rings. The molecular formula is C13H26N4O6. The van der Waals surface area contributed by atoms with Crippen molar-refractivity contribution in [2.75, 3.05) is 13.2 Å². The Hall–Kier alpha value is -1.30. The van der Waals surface area contributed by atoms with Gasteiger partial charge in [-0.05, 0) is 19.4 Å². The molecule has 0 aromatic carbocycles. The van der Waals surface area contributed by atoms with Gasteiger partial charge in [0.2, 0.25) is 5.91 Å². The molecule has 5 unspecified atom stereocenters. The summed E-state index contributed by atoms with van der Waals surface area (Å²) in [5.74, 6) is -1.33. The first-order valence-electron chi connectivity index (χ1n) is 7.60. The largest absolute Gasteiger partial charge is 0.480 e. The molecule has 0 aliphatic carbocycles. The van der Waals surface area contributed by atoms with Crippen LogP contribution in [-0.4, -0.2) is 76.0 Å². The van der Waals surface area contributed by atoms with Gasteiger partial charge < -0.3 is 31.5 Å². The van der Waals surface area contributed by atoms with E-state index in [0.29, 0.717) is 25.8 Å². The van der Waals surface area contributed by atoms with E-state index in [9.17, 15) is 19.8 Å². The van der Waals surface area contributed by atoms with Gasteiger partial charge in [-0.25, -0.2) is 0 Å². The van der Waals surface area contributed by atoms with Crippen LogP contribution in [0.5, 0.6) is 0 Å². The number of hydrogen-bond acceptors (Lipinski definition) is 8. The summed E-state index contributed by atoms with van der Waals surface area (Å²) in [4.78, 5) is 22.3. The van der Waals surface area contributed by atoms with Crippen molar-refractivity contribution in [2.45, 2.75) is 56.3 Å². The molecule has 1 rings (SSSR count). The van der Waals surface area contributed by atoms with Crippen molar-refractivity contribution in [1.82, 2.24) is 16.0 Å². The molecule has 0 spiro atoms. The van der Waals surface area contributed by atoms with E-state index in [1.165, 1.54) is 0 Å². The van der Waals surface area contributed by atoms with E-state index in [-0.39, 0.29) is 12.3 Å². The maximum absolute atomic E-state index is 11.7. The molecule has 1 aliphatic heterocycles. The quantitative estimate of drug-likeness (QED) is 0.179. The summed E-state index contributed by atoms with van der Waals surface area (Å²) in [7, 11) is 0. The smallest absolute Gasteiger partial charge is 0.320 e. The molecule has 1 fully saturated rings. The van der Waals surface area contributed by atoms with E-state index in [1.807, 2.05) is 0 Å². The molecule has 0 aromatic heterocycles. The second kappa shape index (κ2) is 9.75. The van der Waals surface area contributed by atoms with E-state index >= 15 is 0 Å². The fourth-order valence-electron chi connectivity index (χ4n) is 2.23. The lowest BCUT2D eigenvalue weighted by Crippen LogP contribution is -2.47. The molecule has 5 atom stereocenters. The van der Waals surface area contributed by atoms with Gasteiger partial charge in [-0.15, -0.1) is 0 Å². The third-order valence-corrected chi connectivity index (χ3v) is 3.69. The number of aliphatic hydroxyl groups excluding tert-OH is 3. The Labute approximate surface area is 134 Å². The van der Waals surface area contributed by atoms with Gasteiger partial charge in [0.05, 0.1) is 18.8 Å². The third kappa shape index (κ3) is 6.77. The SMILES string of the molecule is NC(CCCCNC1NC(=O)C(CC(O)C(O)CO)N1)C(=O)O. The summed E-state index contributed by atoms with van der Waals surface area (Å²) in [5, 5.41) is 44.9. The van der Waals surface area contributed by atoms with E-state index in [1.54, 1.807) is 0 Å². The minimum atomic E-state index is -1.28. The van der Waals surface area contributed by atoms with Crippen molar-refractivity contribution in [1.29, 1.82) is 0 Å². The second-order valence-corrected chi connectivity index (χ2v) is 5.61. The zero-order valence-corrected chi connectivity index (χ0v) is 12.8. The summed E-state index contributed by atoms with van der Waals surface area (Å²) in [6, 6.07) is -1.52. The standard InChI is InChI=1S/C13H26N4O6/c14-7(12(22)23)3-1-2-4-15-13-16-8(11(21)17-13)5-9(19)10(20)6-18/h7-10,13,15-16,18-20H,1-6,14H2,(H,17,21)(H,22,23). The number of nitrogens with two attached hydrogens (primary N) is 1. The van der Waals surface area contributed by atoms with Crippen LogP contribution in [0.4, 0.5) is 0 Å².